The number of amides is 1. The summed E-state index contributed by atoms with van der Waals surface area (Å²) >= 11 is 1.75. The van der Waals surface area contributed by atoms with Crippen LogP contribution >= 0.6 is 11.3 Å². The number of benzene rings is 2. The van der Waals surface area contributed by atoms with E-state index in [9.17, 15) is 9.90 Å². The van der Waals surface area contributed by atoms with Crippen LogP contribution in [0.2, 0.25) is 0 Å². The molecule has 1 aliphatic heterocycles. The summed E-state index contributed by atoms with van der Waals surface area (Å²) in [7, 11) is 0. The third kappa shape index (κ3) is 7.89. The highest BCUT2D eigenvalue weighted by Crippen LogP contribution is 2.34. The molecule has 1 aliphatic rings. The van der Waals surface area contributed by atoms with E-state index in [-0.39, 0.29) is 25.1 Å². The molecule has 0 unspecified atom stereocenters. The Morgan fingerprint density at radius 1 is 1.19 bits per heavy atom. The maximum Gasteiger partial charge on any atom is 0.237 e. The number of nitrogens with zero attached hydrogens (tertiary/aromatic N) is 2. The van der Waals surface area contributed by atoms with Gasteiger partial charge in [-0.2, -0.15) is 0 Å². The average molecular weight is 523 g/mol. The van der Waals surface area contributed by atoms with Crippen LogP contribution in [0.3, 0.4) is 0 Å². The van der Waals surface area contributed by atoms with Gasteiger partial charge in [0.25, 0.3) is 0 Å². The van der Waals surface area contributed by atoms with E-state index in [1.807, 2.05) is 71.3 Å². The van der Waals surface area contributed by atoms with Crippen LogP contribution in [0.15, 0.2) is 66.0 Å². The molecule has 0 saturated heterocycles. The predicted molar refractivity (Wildman–Crippen MR) is 148 cm³/mol. The van der Waals surface area contributed by atoms with Crippen LogP contribution in [0.4, 0.5) is 0 Å². The molecule has 0 aliphatic carbocycles. The highest BCUT2D eigenvalue weighted by atomic mass is 32.1. The summed E-state index contributed by atoms with van der Waals surface area (Å²) in [5.41, 5.74) is 3.41. The third-order valence-electron chi connectivity index (χ3n) is 6.60. The first-order valence-electron chi connectivity index (χ1n) is 13.1. The monoisotopic (exact) mass is 522 g/mol. The summed E-state index contributed by atoms with van der Waals surface area (Å²) in [6.45, 7) is 7.34. The van der Waals surface area contributed by atoms with Crippen molar-refractivity contribution in [2.24, 2.45) is 0 Å². The molecule has 0 radical (unpaired) electrons. The lowest BCUT2D eigenvalue weighted by atomic mass is 10.0. The van der Waals surface area contributed by atoms with Crippen LogP contribution in [-0.2, 0) is 22.6 Å². The molecule has 6 nitrogen and oxygen atoms in total. The number of fused-ring (bicyclic) bond motifs is 1. The summed E-state index contributed by atoms with van der Waals surface area (Å²) in [4.78, 5) is 18.9. The molecule has 2 atom stereocenters. The van der Waals surface area contributed by atoms with Gasteiger partial charge < -0.3 is 19.5 Å². The van der Waals surface area contributed by atoms with Crippen molar-refractivity contribution >= 4 is 17.2 Å². The molecule has 1 aromatic heterocycles. The first-order chi connectivity index (χ1) is 18.0. The fourth-order valence-corrected chi connectivity index (χ4v) is 5.75. The van der Waals surface area contributed by atoms with E-state index in [0.29, 0.717) is 26.3 Å². The van der Waals surface area contributed by atoms with Gasteiger partial charge in [0.1, 0.15) is 12.4 Å². The van der Waals surface area contributed by atoms with Crippen LogP contribution in [0.25, 0.3) is 0 Å². The first-order valence-corrected chi connectivity index (χ1v) is 14.0. The molecule has 1 amide bonds. The predicted octanol–water partition coefficient (Wildman–Crippen LogP) is 4.85. The largest absolute Gasteiger partial charge is 0.491 e. The highest BCUT2D eigenvalue weighted by molar-refractivity contribution is 7.10. The maximum atomic E-state index is 13.6. The number of hydrogen-bond acceptors (Lipinski definition) is 6. The fraction of sp³-hybridized carbons (Fsp3) is 0.433. The summed E-state index contributed by atoms with van der Waals surface area (Å²) in [6, 6.07) is 20.0. The van der Waals surface area contributed by atoms with Gasteiger partial charge in [0.05, 0.1) is 31.9 Å². The van der Waals surface area contributed by atoms with Crippen LogP contribution in [0.5, 0.6) is 5.75 Å². The Morgan fingerprint density at radius 2 is 2.03 bits per heavy atom. The Morgan fingerprint density at radius 3 is 2.81 bits per heavy atom. The molecule has 0 spiro atoms. The lowest BCUT2D eigenvalue weighted by Gasteiger charge is -2.37. The van der Waals surface area contributed by atoms with Crippen molar-refractivity contribution in [1.82, 2.24) is 9.80 Å². The molecule has 7 heteroatoms. The number of carbonyl (C=O) groups excluding carboxylic acids is 1. The Kier molecular flexibility index (Phi) is 10.1. The number of thiophene rings is 1. The summed E-state index contributed by atoms with van der Waals surface area (Å²) in [6.07, 6.45) is 1.11. The van der Waals surface area contributed by atoms with Crippen LogP contribution < -0.4 is 4.74 Å². The van der Waals surface area contributed by atoms with Gasteiger partial charge in [0.15, 0.2) is 0 Å². The van der Waals surface area contributed by atoms with E-state index in [1.165, 1.54) is 10.4 Å². The second-order valence-electron chi connectivity index (χ2n) is 9.67. The molecule has 1 N–H and O–H groups in total. The van der Waals surface area contributed by atoms with Crippen LogP contribution in [0, 0.1) is 6.92 Å². The minimum atomic E-state index is -0.659. The quantitative estimate of drug-likeness (QED) is 0.348. The van der Waals surface area contributed by atoms with Crippen molar-refractivity contribution in [3.05, 3.63) is 87.6 Å². The molecule has 198 valence electrons. The Balaban J connectivity index is 1.35. The van der Waals surface area contributed by atoms with Crippen molar-refractivity contribution in [2.75, 3.05) is 39.4 Å². The van der Waals surface area contributed by atoms with Crippen molar-refractivity contribution in [3.8, 4) is 5.75 Å². The number of rotatable bonds is 13. The number of hydrogen-bond donors (Lipinski definition) is 1. The molecular formula is C30H38N2O4S. The Bertz CT molecular complexity index is 1120. The van der Waals surface area contributed by atoms with E-state index in [2.05, 4.69) is 18.4 Å². The topological polar surface area (TPSA) is 62.2 Å². The van der Waals surface area contributed by atoms with E-state index in [4.69, 9.17) is 9.47 Å². The van der Waals surface area contributed by atoms with Crippen LogP contribution in [0.1, 0.15) is 41.0 Å². The molecular weight excluding hydrogens is 484 g/mol. The third-order valence-corrected chi connectivity index (χ3v) is 7.60. The second-order valence-corrected chi connectivity index (χ2v) is 10.7. The van der Waals surface area contributed by atoms with Crippen molar-refractivity contribution in [2.45, 2.75) is 45.4 Å². The zero-order valence-corrected chi connectivity index (χ0v) is 22.7. The van der Waals surface area contributed by atoms with Gasteiger partial charge in [-0.25, -0.2) is 0 Å². The molecule has 4 rings (SSSR count). The lowest BCUT2D eigenvalue weighted by Crippen LogP contribution is -2.48. The standard InChI is InChI=1S/C30H38N2O4S/c1-3-14-31(18-25(33)21-35-20-24-9-5-4-6-10-24)19-30(34)32-15-12-29-27(13-16-37-29)28(32)22-36-26-11-7-8-23(2)17-26/h4-11,13,16-17,25,28,33H,3,12,14-15,18-22H2,1-2H3/t25-,28-/m0/s1. The van der Waals surface area contributed by atoms with Crippen molar-refractivity contribution < 1.29 is 19.4 Å². The molecule has 0 saturated carbocycles. The van der Waals surface area contributed by atoms with E-state index >= 15 is 0 Å². The summed E-state index contributed by atoms with van der Waals surface area (Å²) < 4.78 is 11.9. The van der Waals surface area contributed by atoms with E-state index < -0.39 is 6.10 Å². The fourth-order valence-electron chi connectivity index (χ4n) is 4.83. The van der Waals surface area contributed by atoms with Gasteiger partial charge >= 0.3 is 0 Å². The van der Waals surface area contributed by atoms with Gasteiger partial charge in [0.2, 0.25) is 5.91 Å². The average Bonchev–Trinajstić information content (AvgIpc) is 3.37. The molecule has 37 heavy (non-hydrogen) atoms. The molecule has 0 bridgehead atoms. The van der Waals surface area contributed by atoms with Crippen LogP contribution in [-0.4, -0.2) is 66.3 Å². The van der Waals surface area contributed by atoms with E-state index in [0.717, 1.165) is 36.3 Å². The lowest BCUT2D eigenvalue weighted by molar-refractivity contribution is -0.136. The molecule has 2 aromatic carbocycles. The van der Waals surface area contributed by atoms with Gasteiger partial charge in [0, 0.05) is 18.0 Å². The van der Waals surface area contributed by atoms with Crippen molar-refractivity contribution in [3.63, 3.8) is 0 Å². The zero-order valence-electron chi connectivity index (χ0n) is 21.8. The Labute approximate surface area is 224 Å². The van der Waals surface area contributed by atoms with Crippen molar-refractivity contribution in [1.29, 1.82) is 0 Å². The van der Waals surface area contributed by atoms with E-state index in [1.54, 1.807) is 11.3 Å². The highest BCUT2D eigenvalue weighted by Gasteiger charge is 2.33. The maximum absolute atomic E-state index is 13.6. The molecule has 2 heterocycles. The Hall–Kier alpha value is -2.71. The smallest absolute Gasteiger partial charge is 0.237 e. The normalized spacial score (nSPS) is 16.0. The minimum absolute atomic E-state index is 0.0700. The number of ether oxygens (including phenoxy) is 2. The van der Waals surface area contributed by atoms with Gasteiger partial charge in [-0.15, -0.1) is 11.3 Å². The number of carbonyl (C=O) groups is 1. The summed E-state index contributed by atoms with van der Waals surface area (Å²) in [5.74, 6) is 0.890. The number of aliphatic hydroxyl groups excluding tert-OH is 1. The first kappa shape index (κ1) is 27.3. The van der Waals surface area contributed by atoms with Gasteiger partial charge in [-0.3, -0.25) is 9.69 Å². The van der Waals surface area contributed by atoms with Gasteiger partial charge in [-0.05, 0) is 66.6 Å². The SMILES string of the molecule is CCCN(CC(=O)N1CCc2sccc2[C@@H]1COc1cccc(C)c1)C[C@H](O)COCc1ccccc1. The number of aliphatic hydroxyl groups is 1. The number of aryl methyl sites for hydroxylation is 1. The van der Waals surface area contributed by atoms with Gasteiger partial charge in [-0.1, -0.05) is 49.4 Å². The zero-order chi connectivity index (χ0) is 26.0. The second kappa shape index (κ2) is 13.7. The summed E-state index contributed by atoms with van der Waals surface area (Å²) in [5, 5.41) is 12.7. The molecule has 0 fully saturated rings. The minimum Gasteiger partial charge on any atom is -0.491 e. The molecule has 3 aromatic rings.